The molecular weight excluding hydrogens is 399 g/mol. The number of nitrogens with zero attached hydrogens (tertiary/aromatic N) is 1. The van der Waals surface area contributed by atoms with Crippen LogP contribution in [-0.2, 0) is 14.3 Å². The molecule has 0 saturated carbocycles. The van der Waals surface area contributed by atoms with Crippen molar-refractivity contribution in [2.45, 2.75) is 19.9 Å². The molecule has 0 spiro atoms. The number of ether oxygens (including phenoxy) is 1. The number of benzene rings is 2. The Labute approximate surface area is 173 Å². The molecule has 0 saturated heterocycles. The van der Waals surface area contributed by atoms with E-state index in [2.05, 4.69) is 5.32 Å². The molecule has 0 fully saturated rings. The number of amides is 1. The minimum absolute atomic E-state index is 0.186. The Hall–Kier alpha value is -2.81. The molecule has 0 aliphatic heterocycles. The fourth-order valence-corrected chi connectivity index (χ4v) is 2.63. The van der Waals surface area contributed by atoms with Crippen molar-refractivity contribution >= 4 is 41.2 Å². The van der Waals surface area contributed by atoms with E-state index in [4.69, 9.17) is 27.9 Å². The summed E-state index contributed by atoms with van der Waals surface area (Å²) in [6, 6.07) is 13.8. The summed E-state index contributed by atoms with van der Waals surface area (Å²) in [5, 5.41) is 12.7. The van der Waals surface area contributed by atoms with Crippen LogP contribution in [-0.4, -0.2) is 18.5 Å². The van der Waals surface area contributed by atoms with Crippen LogP contribution < -0.4 is 5.32 Å². The first-order valence-corrected chi connectivity index (χ1v) is 9.15. The summed E-state index contributed by atoms with van der Waals surface area (Å²) in [5.41, 5.74) is 2.32. The number of nitriles is 1. The van der Waals surface area contributed by atoms with Crippen molar-refractivity contribution in [2.24, 2.45) is 0 Å². The normalized spacial score (nSPS) is 12.0. The highest BCUT2D eigenvalue weighted by atomic mass is 35.5. The van der Waals surface area contributed by atoms with Gasteiger partial charge in [-0.05, 0) is 43.2 Å². The maximum absolute atomic E-state index is 12.1. The lowest BCUT2D eigenvalue weighted by atomic mass is 10.1. The summed E-state index contributed by atoms with van der Waals surface area (Å²) >= 11 is 11.8. The number of rotatable bonds is 6. The SMILES string of the molecule is Cc1ccc(/C=C(\C#N)C(=O)OCC(=O)N[C@@H](C)c2ccc(Cl)c(Cl)c2)cc1. The number of carbonyl (C=O) groups excluding carboxylic acids is 2. The van der Waals surface area contributed by atoms with Crippen molar-refractivity contribution < 1.29 is 14.3 Å². The molecule has 7 heteroatoms. The van der Waals surface area contributed by atoms with Crippen LogP contribution in [0.4, 0.5) is 0 Å². The summed E-state index contributed by atoms with van der Waals surface area (Å²) < 4.78 is 4.94. The highest BCUT2D eigenvalue weighted by Gasteiger charge is 2.15. The third-order valence-corrected chi connectivity index (χ3v) is 4.62. The predicted molar refractivity (Wildman–Crippen MR) is 109 cm³/mol. The molecule has 0 aromatic heterocycles. The van der Waals surface area contributed by atoms with Crippen LogP contribution in [0.3, 0.4) is 0 Å². The molecule has 0 unspecified atom stereocenters. The van der Waals surface area contributed by atoms with E-state index in [1.54, 1.807) is 43.3 Å². The fourth-order valence-electron chi connectivity index (χ4n) is 2.32. The lowest BCUT2D eigenvalue weighted by Crippen LogP contribution is -2.31. The molecule has 5 nitrogen and oxygen atoms in total. The smallest absolute Gasteiger partial charge is 0.349 e. The molecule has 1 atom stereocenters. The molecule has 0 radical (unpaired) electrons. The number of halogens is 2. The second-order valence-corrected chi connectivity index (χ2v) is 6.93. The van der Waals surface area contributed by atoms with Crippen molar-refractivity contribution in [3.63, 3.8) is 0 Å². The zero-order chi connectivity index (χ0) is 20.7. The Kier molecular flexibility index (Phi) is 7.62. The molecule has 0 aliphatic rings. The molecule has 144 valence electrons. The molecule has 0 heterocycles. The molecule has 0 aliphatic carbocycles. The van der Waals surface area contributed by atoms with Crippen LogP contribution >= 0.6 is 23.2 Å². The van der Waals surface area contributed by atoms with Crippen molar-refractivity contribution in [3.8, 4) is 6.07 Å². The fraction of sp³-hybridized carbons (Fsp3) is 0.190. The van der Waals surface area contributed by atoms with E-state index in [0.717, 1.165) is 11.1 Å². The summed E-state index contributed by atoms with van der Waals surface area (Å²) in [4.78, 5) is 24.1. The number of nitrogens with one attached hydrogen (secondary N) is 1. The summed E-state index contributed by atoms with van der Waals surface area (Å²) in [6.45, 7) is 3.19. The Morgan fingerprint density at radius 1 is 1.18 bits per heavy atom. The molecule has 1 N–H and O–H groups in total. The lowest BCUT2D eigenvalue weighted by molar-refractivity contribution is -0.144. The minimum Gasteiger partial charge on any atom is -0.451 e. The molecule has 2 aromatic rings. The number of aryl methyl sites for hydroxylation is 1. The van der Waals surface area contributed by atoms with Crippen molar-refractivity contribution in [2.75, 3.05) is 6.61 Å². The van der Waals surface area contributed by atoms with Gasteiger partial charge in [-0.3, -0.25) is 4.79 Å². The highest BCUT2D eigenvalue weighted by Crippen LogP contribution is 2.25. The van der Waals surface area contributed by atoms with Crippen molar-refractivity contribution in [3.05, 3.63) is 74.8 Å². The van der Waals surface area contributed by atoms with Gasteiger partial charge >= 0.3 is 5.97 Å². The van der Waals surface area contributed by atoms with Gasteiger partial charge in [0.1, 0.15) is 11.6 Å². The Balaban J connectivity index is 1.93. The third-order valence-electron chi connectivity index (χ3n) is 3.88. The molecule has 0 bridgehead atoms. The van der Waals surface area contributed by atoms with Crippen LogP contribution in [0.5, 0.6) is 0 Å². The Morgan fingerprint density at radius 3 is 2.46 bits per heavy atom. The first-order chi connectivity index (χ1) is 13.3. The molecule has 28 heavy (non-hydrogen) atoms. The second-order valence-electron chi connectivity index (χ2n) is 6.12. The van der Waals surface area contributed by atoms with Gasteiger partial charge in [-0.25, -0.2) is 4.79 Å². The average molecular weight is 417 g/mol. The molecule has 1 amide bonds. The van der Waals surface area contributed by atoms with Crippen molar-refractivity contribution in [1.29, 1.82) is 5.26 Å². The van der Waals surface area contributed by atoms with E-state index in [0.29, 0.717) is 15.6 Å². The number of hydrogen-bond acceptors (Lipinski definition) is 4. The summed E-state index contributed by atoms with van der Waals surface area (Å²) in [5.74, 6) is -1.36. The molecular formula is C21H18Cl2N2O3. The van der Waals surface area contributed by atoms with Crippen LogP contribution in [0.15, 0.2) is 48.0 Å². The second kappa shape index (κ2) is 9.93. The van der Waals surface area contributed by atoms with E-state index in [-0.39, 0.29) is 11.6 Å². The van der Waals surface area contributed by atoms with Gasteiger partial charge in [0.2, 0.25) is 0 Å². The maximum Gasteiger partial charge on any atom is 0.349 e. The van der Waals surface area contributed by atoms with E-state index in [1.807, 2.05) is 19.1 Å². The van der Waals surface area contributed by atoms with Crippen LogP contribution in [0.25, 0.3) is 6.08 Å². The van der Waals surface area contributed by atoms with Gasteiger partial charge in [-0.15, -0.1) is 0 Å². The van der Waals surface area contributed by atoms with Gasteiger partial charge < -0.3 is 10.1 Å². The molecule has 2 aromatic carbocycles. The van der Waals surface area contributed by atoms with E-state index < -0.39 is 18.5 Å². The van der Waals surface area contributed by atoms with Gasteiger partial charge in [-0.2, -0.15) is 5.26 Å². The van der Waals surface area contributed by atoms with Gasteiger partial charge in [0.15, 0.2) is 6.61 Å². The van der Waals surface area contributed by atoms with E-state index in [9.17, 15) is 14.9 Å². The quantitative estimate of drug-likeness (QED) is 0.422. The van der Waals surface area contributed by atoms with Gasteiger partial charge in [0, 0.05) is 0 Å². The standard InChI is InChI=1S/C21H18Cl2N2O3/c1-13-3-5-15(6-4-13)9-17(11-24)21(27)28-12-20(26)25-14(2)16-7-8-18(22)19(23)10-16/h3-10,14H,12H2,1-2H3,(H,25,26)/b17-9+/t14-/m0/s1. The minimum atomic E-state index is -0.861. The topological polar surface area (TPSA) is 79.2 Å². The number of hydrogen-bond donors (Lipinski definition) is 1. The maximum atomic E-state index is 12.1. The van der Waals surface area contributed by atoms with Gasteiger partial charge in [0.05, 0.1) is 16.1 Å². The van der Waals surface area contributed by atoms with Crippen LogP contribution in [0, 0.1) is 18.3 Å². The highest BCUT2D eigenvalue weighted by molar-refractivity contribution is 6.42. The van der Waals surface area contributed by atoms with Gasteiger partial charge in [0.25, 0.3) is 5.91 Å². The third kappa shape index (κ3) is 6.12. The Morgan fingerprint density at radius 2 is 1.86 bits per heavy atom. The predicted octanol–water partition coefficient (Wildman–Crippen LogP) is 4.63. The van der Waals surface area contributed by atoms with E-state index in [1.165, 1.54) is 6.08 Å². The first-order valence-electron chi connectivity index (χ1n) is 8.40. The number of carbonyl (C=O) groups is 2. The summed E-state index contributed by atoms with van der Waals surface area (Å²) in [6.07, 6.45) is 1.41. The Bertz CT molecular complexity index is 947. The number of esters is 1. The lowest BCUT2D eigenvalue weighted by Gasteiger charge is -2.15. The first kappa shape index (κ1) is 21.5. The van der Waals surface area contributed by atoms with Crippen LogP contribution in [0.1, 0.15) is 29.7 Å². The van der Waals surface area contributed by atoms with Gasteiger partial charge in [-0.1, -0.05) is 59.1 Å². The van der Waals surface area contributed by atoms with Crippen LogP contribution in [0.2, 0.25) is 10.0 Å². The van der Waals surface area contributed by atoms with E-state index >= 15 is 0 Å². The average Bonchev–Trinajstić information content (AvgIpc) is 2.67. The molecule has 2 rings (SSSR count). The summed E-state index contributed by atoms with van der Waals surface area (Å²) in [7, 11) is 0. The van der Waals surface area contributed by atoms with Crippen molar-refractivity contribution in [1.82, 2.24) is 5.32 Å². The zero-order valence-corrected chi connectivity index (χ0v) is 16.8. The monoisotopic (exact) mass is 416 g/mol. The largest absolute Gasteiger partial charge is 0.451 e. The zero-order valence-electron chi connectivity index (χ0n) is 15.3.